The molecule has 0 radical (unpaired) electrons. The molecule has 1 aromatic carbocycles. The lowest BCUT2D eigenvalue weighted by atomic mass is 10.2. The zero-order chi connectivity index (χ0) is 27.2. The molecule has 196 valence electrons. The summed E-state index contributed by atoms with van der Waals surface area (Å²) >= 11 is 1.36. The van der Waals surface area contributed by atoms with Gasteiger partial charge in [0.05, 0.1) is 34.2 Å². The highest BCUT2D eigenvalue weighted by atomic mass is 32.1. The van der Waals surface area contributed by atoms with Crippen molar-refractivity contribution in [2.75, 3.05) is 5.32 Å². The van der Waals surface area contributed by atoms with Crippen LogP contribution in [0.2, 0.25) is 0 Å². The lowest BCUT2D eigenvalue weighted by molar-refractivity contribution is -0.142. The van der Waals surface area contributed by atoms with E-state index in [0.717, 1.165) is 17.4 Å². The second-order valence-electron chi connectivity index (χ2n) is 8.69. The van der Waals surface area contributed by atoms with E-state index in [1.54, 1.807) is 42.8 Å². The van der Waals surface area contributed by atoms with Gasteiger partial charge in [-0.25, -0.2) is 13.9 Å². The zero-order valence-electron chi connectivity index (χ0n) is 20.6. The topological polar surface area (TPSA) is 77.1 Å². The number of thiophene rings is 1. The number of rotatable bonds is 6. The molecule has 0 fully saturated rings. The normalized spacial score (nSPS) is 11.9. The van der Waals surface area contributed by atoms with Gasteiger partial charge in [0.25, 0.3) is 5.91 Å². The maximum atomic E-state index is 14.1. The Morgan fingerprint density at radius 2 is 1.84 bits per heavy atom. The number of anilines is 1. The van der Waals surface area contributed by atoms with Gasteiger partial charge in [0.15, 0.2) is 17.0 Å². The smallest absolute Gasteiger partial charge is 0.317 e. The minimum atomic E-state index is -4.72. The van der Waals surface area contributed by atoms with Gasteiger partial charge in [-0.05, 0) is 44.5 Å². The number of amides is 1. The summed E-state index contributed by atoms with van der Waals surface area (Å²) in [5, 5.41) is 11.0. The van der Waals surface area contributed by atoms with Crippen molar-refractivity contribution in [2.24, 2.45) is 0 Å². The summed E-state index contributed by atoms with van der Waals surface area (Å²) < 4.78 is 58.1. The molecular weight excluding hydrogens is 520 g/mol. The Labute approximate surface area is 218 Å². The summed E-state index contributed by atoms with van der Waals surface area (Å²) in [6.07, 6.45) is -3.96. The molecule has 4 aromatic heterocycles. The highest BCUT2D eigenvalue weighted by Gasteiger charge is 2.36. The number of aromatic nitrogens is 5. The SMILES string of the molecule is CCc1ccc(-c2cc(C(F)(F)F)n3nc(C(=O)Nc4c(C)nn(Cc5ccccc5F)c4C)cc3n2)s1. The van der Waals surface area contributed by atoms with Crippen molar-refractivity contribution < 1.29 is 22.4 Å². The maximum absolute atomic E-state index is 14.1. The molecule has 5 rings (SSSR count). The molecule has 0 unspecified atom stereocenters. The Balaban J connectivity index is 1.48. The van der Waals surface area contributed by atoms with Crippen LogP contribution >= 0.6 is 11.3 Å². The van der Waals surface area contributed by atoms with Crippen LogP contribution in [0, 0.1) is 19.7 Å². The zero-order valence-corrected chi connectivity index (χ0v) is 21.4. The largest absolute Gasteiger partial charge is 0.433 e. The Kier molecular flexibility index (Phi) is 6.51. The fourth-order valence-electron chi connectivity index (χ4n) is 4.12. The van der Waals surface area contributed by atoms with E-state index in [9.17, 15) is 22.4 Å². The molecule has 0 aliphatic carbocycles. The first kappa shape index (κ1) is 25.6. The Morgan fingerprint density at radius 3 is 2.53 bits per heavy atom. The summed E-state index contributed by atoms with van der Waals surface area (Å²) in [7, 11) is 0. The third-order valence-electron chi connectivity index (χ3n) is 6.11. The highest BCUT2D eigenvalue weighted by molar-refractivity contribution is 7.15. The second-order valence-corrected chi connectivity index (χ2v) is 9.86. The molecule has 38 heavy (non-hydrogen) atoms. The summed E-state index contributed by atoms with van der Waals surface area (Å²) in [5.41, 5.74) is 0.612. The molecule has 4 heterocycles. The first-order valence-electron chi connectivity index (χ1n) is 11.7. The fraction of sp³-hybridized carbons (Fsp3) is 0.231. The first-order chi connectivity index (χ1) is 18.0. The number of nitrogens with one attached hydrogen (secondary N) is 1. The van der Waals surface area contributed by atoms with Gasteiger partial charge in [-0.2, -0.15) is 23.4 Å². The summed E-state index contributed by atoms with van der Waals surface area (Å²) in [4.78, 5) is 19.0. The van der Waals surface area contributed by atoms with Gasteiger partial charge in [0, 0.05) is 16.5 Å². The van der Waals surface area contributed by atoms with E-state index in [1.807, 2.05) is 13.0 Å². The number of benzene rings is 1. The van der Waals surface area contributed by atoms with E-state index in [-0.39, 0.29) is 29.4 Å². The number of nitrogens with zero attached hydrogens (tertiary/aromatic N) is 5. The van der Waals surface area contributed by atoms with Crippen LogP contribution in [-0.4, -0.2) is 30.3 Å². The van der Waals surface area contributed by atoms with Crippen LogP contribution in [0.3, 0.4) is 0 Å². The maximum Gasteiger partial charge on any atom is 0.433 e. The van der Waals surface area contributed by atoms with Gasteiger partial charge in [0.2, 0.25) is 0 Å². The predicted molar refractivity (Wildman–Crippen MR) is 136 cm³/mol. The molecule has 0 aliphatic rings. The number of halogens is 4. The molecular formula is C26H22F4N6OS. The highest BCUT2D eigenvalue weighted by Crippen LogP contribution is 2.34. The van der Waals surface area contributed by atoms with Gasteiger partial charge < -0.3 is 5.32 Å². The van der Waals surface area contributed by atoms with Gasteiger partial charge in [0.1, 0.15) is 5.82 Å². The number of fused-ring (bicyclic) bond motifs is 1. The van der Waals surface area contributed by atoms with Crippen LogP contribution in [0.15, 0.2) is 48.5 Å². The summed E-state index contributed by atoms with van der Waals surface area (Å²) in [6, 6.07) is 12.0. The number of hydrogen-bond acceptors (Lipinski definition) is 5. The van der Waals surface area contributed by atoms with Crippen molar-refractivity contribution in [1.82, 2.24) is 24.4 Å². The van der Waals surface area contributed by atoms with Crippen LogP contribution in [0.1, 0.15) is 44.9 Å². The Morgan fingerprint density at radius 1 is 1.08 bits per heavy atom. The Bertz CT molecular complexity index is 1670. The molecule has 0 atom stereocenters. The fourth-order valence-corrected chi connectivity index (χ4v) is 5.02. The van der Waals surface area contributed by atoms with Crippen LogP contribution in [0.25, 0.3) is 16.2 Å². The third kappa shape index (κ3) is 4.78. The number of hydrogen-bond donors (Lipinski definition) is 1. The van der Waals surface area contributed by atoms with Gasteiger partial charge in [-0.15, -0.1) is 11.3 Å². The molecule has 0 saturated carbocycles. The van der Waals surface area contributed by atoms with Crippen LogP contribution in [0.5, 0.6) is 0 Å². The molecule has 0 bridgehead atoms. The lowest BCUT2D eigenvalue weighted by Gasteiger charge is -2.10. The summed E-state index contributed by atoms with van der Waals surface area (Å²) in [6.45, 7) is 5.49. The molecule has 1 N–H and O–H groups in total. The molecule has 0 saturated heterocycles. The van der Waals surface area contributed by atoms with Gasteiger partial charge in [-0.1, -0.05) is 25.1 Å². The van der Waals surface area contributed by atoms with E-state index >= 15 is 0 Å². The van der Waals surface area contributed by atoms with Gasteiger partial charge >= 0.3 is 6.18 Å². The van der Waals surface area contributed by atoms with Gasteiger partial charge in [-0.3, -0.25) is 9.48 Å². The number of carbonyl (C=O) groups excluding carboxylic acids is 1. The second kappa shape index (κ2) is 9.67. The van der Waals surface area contributed by atoms with Crippen LogP contribution < -0.4 is 5.32 Å². The van der Waals surface area contributed by atoms with Crippen molar-refractivity contribution in [2.45, 2.75) is 39.9 Å². The minimum absolute atomic E-state index is 0.102. The number of alkyl halides is 3. The minimum Gasteiger partial charge on any atom is -0.317 e. The average Bonchev–Trinajstić information content (AvgIpc) is 3.58. The van der Waals surface area contributed by atoms with Crippen LogP contribution in [-0.2, 0) is 19.1 Å². The quantitative estimate of drug-likeness (QED) is 0.256. The average molecular weight is 543 g/mol. The van der Waals surface area contributed by atoms with E-state index in [1.165, 1.54) is 23.5 Å². The molecule has 1 amide bonds. The van der Waals surface area contributed by atoms with Crippen LogP contribution in [0.4, 0.5) is 23.2 Å². The standard InChI is InChI=1S/C26H22F4N6OS/c1-4-17-9-10-21(38-17)19-11-22(26(28,29)30)36-23(31-19)12-20(34-36)25(37)32-24-14(2)33-35(15(24)3)13-16-7-5-6-8-18(16)27/h5-12H,4,13H2,1-3H3,(H,32,37). The molecule has 7 nitrogen and oxygen atoms in total. The molecule has 0 spiro atoms. The van der Waals surface area contributed by atoms with E-state index in [2.05, 4.69) is 20.5 Å². The van der Waals surface area contributed by atoms with E-state index in [4.69, 9.17) is 0 Å². The number of aryl methyl sites for hydroxylation is 2. The predicted octanol–water partition coefficient (Wildman–Crippen LogP) is 6.29. The van der Waals surface area contributed by atoms with Crippen molar-refractivity contribution in [3.05, 3.63) is 87.6 Å². The molecule has 5 aromatic rings. The monoisotopic (exact) mass is 542 g/mol. The lowest BCUT2D eigenvalue weighted by Crippen LogP contribution is -2.16. The van der Waals surface area contributed by atoms with Crippen molar-refractivity contribution in [3.8, 4) is 10.6 Å². The molecule has 0 aliphatic heterocycles. The van der Waals surface area contributed by atoms with E-state index in [0.29, 0.717) is 32.0 Å². The van der Waals surface area contributed by atoms with Crippen molar-refractivity contribution in [3.63, 3.8) is 0 Å². The summed E-state index contributed by atoms with van der Waals surface area (Å²) in [5.74, 6) is -1.10. The van der Waals surface area contributed by atoms with E-state index < -0.39 is 17.8 Å². The molecule has 12 heteroatoms. The first-order valence-corrected chi connectivity index (χ1v) is 12.5. The van der Waals surface area contributed by atoms with Crippen molar-refractivity contribution in [1.29, 1.82) is 0 Å². The Hall–Kier alpha value is -4.06. The van der Waals surface area contributed by atoms with Crippen molar-refractivity contribution >= 4 is 28.6 Å². The third-order valence-corrected chi connectivity index (χ3v) is 7.36. The number of carbonyl (C=O) groups is 1.